The Morgan fingerprint density at radius 2 is 1.39 bits per heavy atom. The van der Waals surface area contributed by atoms with E-state index in [1.165, 1.54) is 16.7 Å². The van der Waals surface area contributed by atoms with Gasteiger partial charge >= 0.3 is 0 Å². The molecule has 0 saturated heterocycles. The molecule has 0 amide bonds. The maximum absolute atomic E-state index is 6.03. The average Bonchev–Trinajstić information content (AvgIpc) is 3.30. The lowest BCUT2D eigenvalue weighted by atomic mass is 9.96. The molecule has 6 heteroatoms. The van der Waals surface area contributed by atoms with Gasteiger partial charge in [-0.3, -0.25) is 0 Å². The first-order valence-corrected chi connectivity index (χ1v) is 14.6. The van der Waals surface area contributed by atoms with E-state index in [-0.39, 0.29) is 5.92 Å². The molecule has 41 heavy (non-hydrogen) atoms. The van der Waals surface area contributed by atoms with Crippen LogP contribution in [0.5, 0.6) is 0 Å². The number of aryl methyl sites for hydroxylation is 1. The summed E-state index contributed by atoms with van der Waals surface area (Å²) in [6.45, 7) is 9.20. The summed E-state index contributed by atoms with van der Waals surface area (Å²) < 4.78 is 4.24. The van der Waals surface area contributed by atoms with Crippen molar-refractivity contribution in [1.82, 2.24) is 14.5 Å². The summed E-state index contributed by atoms with van der Waals surface area (Å²) in [5, 5.41) is 9.96. The van der Waals surface area contributed by atoms with Gasteiger partial charge in [-0.1, -0.05) is 111 Å². The van der Waals surface area contributed by atoms with Crippen LogP contribution < -0.4 is 4.90 Å². The highest BCUT2D eigenvalue weighted by Crippen LogP contribution is 2.28. The van der Waals surface area contributed by atoms with Gasteiger partial charge in [-0.05, 0) is 72.4 Å². The molecule has 4 aromatic carbocycles. The molecule has 5 aromatic rings. The standard InChI is InChI=1S/C35H37N5S/c1-26(2)23-29-19-21-31(22-20-29)28(4)34-37-39(35(41)40(34)36-24-30-17-15-27(3)16-18-30)25-38(32-11-7-5-8-12-32)33-13-9-6-10-14-33/h5-22,24,26,28H,23,25H2,1-4H3/b36-24+. The molecule has 1 unspecified atom stereocenters. The van der Waals surface area contributed by atoms with Crippen LogP contribution in [-0.4, -0.2) is 20.7 Å². The molecule has 0 aliphatic heterocycles. The normalized spacial score (nSPS) is 12.2. The minimum atomic E-state index is -0.0110. The van der Waals surface area contributed by atoms with Crippen LogP contribution in [0.1, 0.15) is 54.8 Å². The lowest BCUT2D eigenvalue weighted by molar-refractivity contribution is 0.601. The Labute approximate surface area is 248 Å². The van der Waals surface area contributed by atoms with E-state index in [2.05, 4.69) is 105 Å². The van der Waals surface area contributed by atoms with Crippen molar-refractivity contribution in [3.8, 4) is 0 Å². The number of aromatic nitrogens is 3. The van der Waals surface area contributed by atoms with Crippen molar-refractivity contribution in [2.45, 2.75) is 46.7 Å². The van der Waals surface area contributed by atoms with Crippen molar-refractivity contribution in [3.05, 3.63) is 142 Å². The number of rotatable bonds is 10. The molecule has 5 nitrogen and oxygen atoms in total. The molecule has 1 aromatic heterocycles. The van der Waals surface area contributed by atoms with E-state index in [1.807, 2.05) is 52.0 Å². The van der Waals surface area contributed by atoms with Crippen LogP contribution >= 0.6 is 12.2 Å². The van der Waals surface area contributed by atoms with Crippen molar-refractivity contribution >= 4 is 29.8 Å². The van der Waals surface area contributed by atoms with Crippen LogP contribution in [0.15, 0.2) is 114 Å². The molecule has 0 radical (unpaired) electrons. The molecule has 208 valence electrons. The predicted octanol–water partition coefficient (Wildman–Crippen LogP) is 8.75. The maximum Gasteiger partial charge on any atom is 0.220 e. The first kappa shape index (κ1) is 28.2. The van der Waals surface area contributed by atoms with Gasteiger partial charge in [-0.15, -0.1) is 0 Å². The molecule has 0 bridgehead atoms. The molecule has 1 heterocycles. The van der Waals surface area contributed by atoms with Gasteiger partial charge in [0.1, 0.15) is 6.67 Å². The highest BCUT2D eigenvalue weighted by atomic mass is 32.1. The smallest absolute Gasteiger partial charge is 0.220 e. The van der Waals surface area contributed by atoms with Gasteiger partial charge in [0, 0.05) is 17.3 Å². The average molecular weight is 560 g/mol. The summed E-state index contributed by atoms with van der Waals surface area (Å²) in [6.07, 6.45) is 2.92. The molecule has 0 N–H and O–H groups in total. The topological polar surface area (TPSA) is 38.4 Å². The Morgan fingerprint density at radius 3 is 1.95 bits per heavy atom. The van der Waals surface area contributed by atoms with Gasteiger partial charge in [-0.25, -0.2) is 4.68 Å². The molecule has 0 aliphatic rings. The third kappa shape index (κ3) is 6.90. The monoisotopic (exact) mass is 559 g/mol. The van der Waals surface area contributed by atoms with Crippen LogP contribution in [0.25, 0.3) is 0 Å². The van der Waals surface area contributed by atoms with E-state index in [4.69, 9.17) is 22.4 Å². The minimum Gasteiger partial charge on any atom is -0.321 e. The van der Waals surface area contributed by atoms with Crippen LogP contribution in [-0.2, 0) is 13.1 Å². The van der Waals surface area contributed by atoms with Gasteiger partial charge in [-0.2, -0.15) is 14.9 Å². The van der Waals surface area contributed by atoms with Crippen molar-refractivity contribution in [2.75, 3.05) is 4.90 Å². The number of para-hydroxylation sites is 2. The van der Waals surface area contributed by atoms with Crippen LogP contribution in [0.3, 0.4) is 0 Å². The molecule has 0 aliphatic carbocycles. The summed E-state index contributed by atoms with van der Waals surface area (Å²) in [7, 11) is 0. The van der Waals surface area contributed by atoms with Crippen molar-refractivity contribution < 1.29 is 0 Å². The number of anilines is 2. The molecule has 5 rings (SSSR count). The maximum atomic E-state index is 6.03. The molecular formula is C35H37N5S. The van der Waals surface area contributed by atoms with E-state index in [0.717, 1.165) is 29.2 Å². The van der Waals surface area contributed by atoms with Gasteiger partial charge in [0.2, 0.25) is 4.77 Å². The highest BCUT2D eigenvalue weighted by molar-refractivity contribution is 7.71. The number of benzene rings is 4. The zero-order valence-corrected chi connectivity index (χ0v) is 25.0. The van der Waals surface area contributed by atoms with Gasteiger partial charge in [0.15, 0.2) is 5.82 Å². The van der Waals surface area contributed by atoms with Gasteiger partial charge in [0.05, 0.1) is 6.21 Å². The Bertz CT molecular complexity index is 1590. The molecule has 0 fully saturated rings. The fraction of sp³-hybridized carbons (Fsp3) is 0.229. The second kappa shape index (κ2) is 12.9. The quantitative estimate of drug-likeness (QED) is 0.127. The molecule has 1 atom stereocenters. The zero-order valence-electron chi connectivity index (χ0n) is 24.2. The Balaban J connectivity index is 1.55. The van der Waals surface area contributed by atoms with Crippen molar-refractivity contribution in [2.24, 2.45) is 11.0 Å². The van der Waals surface area contributed by atoms with E-state index in [1.54, 1.807) is 0 Å². The van der Waals surface area contributed by atoms with E-state index >= 15 is 0 Å². The highest BCUT2D eigenvalue weighted by Gasteiger charge is 2.21. The third-order valence-corrected chi connectivity index (χ3v) is 7.55. The predicted molar refractivity (Wildman–Crippen MR) is 173 cm³/mol. The number of hydrogen-bond acceptors (Lipinski definition) is 4. The first-order valence-electron chi connectivity index (χ1n) is 14.2. The molecule has 0 saturated carbocycles. The van der Waals surface area contributed by atoms with Crippen LogP contribution in [0.2, 0.25) is 0 Å². The zero-order chi connectivity index (χ0) is 28.8. The van der Waals surface area contributed by atoms with Gasteiger partial charge in [0.25, 0.3) is 0 Å². The van der Waals surface area contributed by atoms with E-state index in [0.29, 0.717) is 17.4 Å². The third-order valence-electron chi connectivity index (χ3n) is 7.16. The minimum absolute atomic E-state index is 0.0110. The first-order chi connectivity index (χ1) is 19.9. The van der Waals surface area contributed by atoms with Crippen LogP contribution in [0, 0.1) is 17.6 Å². The summed E-state index contributed by atoms with van der Waals surface area (Å²) in [5.41, 5.74) is 6.87. The van der Waals surface area contributed by atoms with Gasteiger partial charge < -0.3 is 4.90 Å². The summed E-state index contributed by atoms with van der Waals surface area (Å²) in [4.78, 5) is 2.21. The van der Waals surface area contributed by atoms with E-state index in [9.17, 15) is 0 Å². The lowest BCUT2D eigenvalue weighted by Crippen LogP contribution is -2.22. The fourth-order valence-electron chi connectivity index (χ4n) is 4.89. The fourth-order valence-corrected chi connectivity index (χ4v) is 5.13. The largest absolute Gasteiger partial charge is 0.321 e. The Kier molecular flexibility index (Phi) is 8.90. The summed E-state index contributed by atoms with van der Waals surface area (Å²) in [6, 6.07) is 37.8. The lowest BCUT2D eigenvalue weighted by Gasteiger charge is -2.24. The SMILES string of the molecule is Cc1ccc(/C=N/n2c(C(C)c3ccc(CC(C)C)cc3)nn(CN(c3ccccc3)c3ccccc3)c2=S)cc1. The van der Waals surface area contributed by atoms with E-state index < -0.39 is 0 Å². The second-order valence-corrected chi connectivity index (χ2v) is 11.3. The van der Waals surface area contributed by atoms with Crippen molar-refractivity contribution in [1.29, 1.82) is 0 Å². The number of hydrogen-bond donors (Lipinski definition) is 0. The van der Waals surface area contributed by atoms with Crippen LogP contribution in [0.4, 0.5) is 11.4 Å². The summed E-state index contributed by atoms with van der Waals surface area (Å²) in [5.74, 6) is 1.41. The molecular weight excluding hydrogens is 522 g/mol. The summed E-state index contributed by atoms with van der Waals surface area (Å²) >= 11 is 6.03. The Morgan fingerprint density at radius 1 is 0.805 bits per heavy atom. The molecule has 0 spiro atoms. The Hall–Kier alpha value is -4.29. The number of nitrogens with zero attached hydrogens (tertiary/aromatic N) is 5. The van der Waals surface area contributed by atoms with Crippen molar-refractivity contribution in [3.63, 3.8) is 0 Å². The second-order valence-electron chi connectivity index (χ2n) is 10.9.